The second-order valence-corrected chi connectivity index (χ2v) is 7.59. The maximum absolute atomic E-state index is 3.81. The first kappa shape index (κ1) is 26.6. The van der Waals surface area contributed by atoms with Crippen molar-refractivity contribution < 1.29 is 0 Å². The van der Waals surface area contributed by atoms with Gasteiger partial charge in [-0.05, 0) is 65.0 Å². The predicted octanol–water partition coefficient (Wildman–Crippen LogP) is 6.36. The van der Waals surface area contributed by atoms with Crippen LogP contribution in [0.4, 0.5) is 0 Å². The molecule has 0 rings (SSSR count). The van der Waals surface area contributed by atoms with Gasteiger partial charge in [-0.25, -0.2) is 0 Å². The minimum Gasteiger partial charge on any atom is -0.273 e. The van der Waals surface area contributed by atoms with Crippen molar-refractivity contribution in [1.82, 2.24) is 14.7 Å². The third-order valence-corrected chi connectivity index (χ3v) is 6.23. The van der Waals surface area contributed by atoms with E-state index in [9.17, 15) is 0 Å². The zero-order valence-electron chi connectivity index (χ0n) is 19.7. The maximum Gasteiger partial charge on any atom is 0.131 e. The highest BCUT2D eigenvalue weighted by Gasteiger charge is 2.43. The van der Waals surface area contributed by atoms with E-state index >= 15 is 0 Å². The van der Waals surface area contributed by atoms with E-state index in [4.69, 9.17) is 0 Å². The zero-order valence-corrected chi connectivity index (χ0v) is 19.7. The van der Waals surface area contributed by atoms with Gasteiger partial charge in [-0.15, -0.1) is 6.58 Å². The SMILES string of the molecule is C=CCCCCCCCCCC(N(CC)CC)(N(CC)CC)N(CC)CC. The quantitative estimate of drug-likeness (QED) is 0.146. The minimum atomic E-state index is 0.0838. The Morgan fingerprint density at radius 1 is 0.556 bits per heavy atom. The molecule has 0 fully saturated rings. The molecule has 0 unspecified atom stereocenters. The summed E-state index contributed by atoms with van der Waals surface area (Å²) < 4.78 is 0. The monoisotopic (exact) mass is 381 g/mol. The molecule has 0 amide bonds. The van der Waals surface area contributed by atoms with Crippen molar-refractivity contribution >= 4 is 0 Å². The lowest BCUT2D eigenvalue weighted by Crippen LogP contribution is -2.69. The highest BCUT2D eigenvalue weighted by atomic mass is 15.6. The Balaban J connectivity index is 4.94. The van der Waals surface area contributed by atoms with Gasteiger partial charge in [-0.1, -0.05) is 79.7 Å². The smallest absolute Gasteiger partial charge is 0.131 e. The molecule has 0 aliphatic heterocycles. The van der Waals surface area contributed by atoms with Gasteiger partial charge in [0.25, 0.3) is 0 Å². The van der Waals surface area contributed by atoms with Gasteiger partial charge in [-0.3, -0.25) is 14.7 Å². The Bertz CT molecular complexity index is 299. The summed E-state index contributed by atoms with van der Waals surface area (Å²) in [4.78, 5) is 8.13. The molecule has 0 N–H and O–H groups in total. The average molecular weight is 382 g/mol. The summed E-state index contributed by atoms with van der Waals surface area (Å²) in [7, 11) is 0. The molecule has 0 atom stereocenters. The topological polar surface area (TPSA) is 9.72 Å². The molecular formula is C24H51N3. The number of allylic oxidation sites excluding steroid dienone is 1. The van der Waals surface area contributed by atoms with E-state index in [1.807, 2.05) is 6.08 Å². The second kappa shape index (κ2) is 16.6. The Morgan fingerprint density at radius 2 is 0.889 bits per heavy atom. The summed E-state index contributed by atoms with van der Waals surface area (Å²) in [6.07, 6.45) is 14.0. The molecule has 3 heteroatoms. The van der Waals surface area contributed by atoms with E-state index < -0.39 is 0 Å². The van der Waals surface area contributed by atoms with Crippen molar-refractivity contribution in [2.24, 2.45) is 0 Å². The number of hydrogen-bond acceptors (Lipinski definition) is 3. The molecule has 0 aromatic carbocycles. The van der Waals surface area contributed by atoms with E-state index in [0.29, 0.717) is 0 Å². The van der Waals surface area contributed by atoms with E-state index in [0.717, 1.165) is 39.3 Å². The molecular weight excluding hydrogens is 330 g/mol. The normalized spacial score (nSPS) is 12.5. The Kier molecular flexibility index (Phi) is 16.3. The molecule has 0 aliphatic carbocycles. The molecule has 0 bridgehead atoms. The van der Waals surface area contributed by atoms with Crippen molar-refractivity contribution in [3.05, 3.63) is 12.7 Å². The molecule has 0 aromatic heterocycles. The number of rotatable bonds is 19. The molecule has 0 saturated carbocycles. The predicted molar refractivity (Wildman–Crippen MR) is 123 cm³/mol. The van der Waals surface area contributed by atoms with Crippen LogP contribution in [-0.4, -0.2) is 59.8 Å². The van der Waals surface area contributed by atoms with E-state index in [-0.39, 0.29) is 5.79 Å². The minimum absolute atomic E-state index is 0.0838. The van der Waals surface area contributed by atoms with E-state index in [2.05, 4.69) is 62.8 Å². The van der Waals surface area contributed by atoms with Crippen LogP contribution in [-0.2, 0) is 0 Å². The van der Waals surface area contributed by atoms with Gasteiger partial charge < -0.3 is 0 Å². The van der Waals surface area contributed by atoms with Crippen molar-refractivity contribution in [2.75, 3.05) is 39.3 Å². The first-order valence-corrected chi connectivity index (χ1v) is 12.0. The zero-order chi connectivity index (χ0) is 20.5. The second-order valence-electron chi connectivity index (χ2n) is 7.59. The molecule has 0 aliphatic rings. The highest BCUT2D eigenvalue weighted by molar-refractivity contribution is 4.89. The Morgan fingerprint density at radius 3 is 1.22 bits per heavy atom. The van der Waals surface area contributed by atoms with Crippen LogP contribution in [0.3, 0.4) is 0 Å². The van der Waals surface area contributed by atoms with Crippen LogP contribution in [0, 0.1) is 0 Å². The van der Waals surface area contributed by atoms with Gasteiger partial charge in [0.05, 0.1) is 0 Å². The largest absolute Gasteiger partial charge is 0.273 e. The molecule has 162 valence electrons. The lowest BCUT2D eigenvalue weighted by Gasteiger charge is -2.56. The Labute approximate surface area is 172 Å². The van der Waals surface area contributed by atoms with Crippen LogP contribution < -0.4 is 0 Å². The van der Waals surface area contributed by atoms with E-state index in [1.54, 1.807) is 0 Å². The molecule has 0 radical (unpaired) electrons. The third kappa shape index (κ3) is 8.25. The first-order chi connectivity index (χ1) is 13.1. The third-order valence-electron chi connectivity index (χ3n) is 6.23. The molecule has 3 nitrogen and oxygen atoms in total. The van der Waals surface area contributed by atoms with Crippen LogP contribution in [0.25, 0.3) is 0 Å². The summed E-state index contributed by atoms with van der Waals surface area (Å²) in [5.41, 5.74) is 0. The van der Waals surface area contributed by atoms with Crippen molar-refractivity contribution in [3.63, 3.8) is 0 Å². The van der Waals surface area contributed by atoms with Crippen LogP contribution in [0.15, 0.2) is 12.7 Å². The molecule has 0 aromatic rings. The van der Waals surface area contributed by atoms with Gasteiger partial charge in [0.1, 0.15) is 5.79 Å². The number of unbranched alkanes of at least 4 members (excludes halogenated alkanes) is 7. The van der Waals surface area contributed by atoms with Gasteiger partial charge in [0.15, 0.2) is 0 Å². The summed E-state index contributed by atoms with van der Waals surface area (Å²) in [5, 5.41) is 0. The number of hydrogen-bond donors (Lipinski definition) is 0. The van der Waals surface area contributed by atoms with Gasteiger partial charge in [0.2, 0.25) is 0 Å². The standard InChI is InChI=1S/C24H51N3/c1-8-15-16-17-18-19-20-21-22-23-24(25(9-2)10-3,26(11-4)12-5)27(13-6)14-7/h8H,1,9-23H2,2-7H3. The average Bonchev–Trinajstić information content (AvgIpc) is 2.69. The van der Waals surface area contributed by atoms with Crippen molar-refractivity contribution in [1.29, 1.82) is 0 Å². The molecule has 0 heterocycles. The van der Waals surface area contributed by atoms with Gasteiger partial charge in [0, 0.05) is 0 Å². The number of nitrogens with zero attached hydrogens (tertiary/aromatic N) is 3. The molecule has 0 spiro atoms. The van der Waals surface area contributed by atoms with Crippen molar-refractivity contribution in [2.45, 2.75) is 105 Å². The van der Waals surface area contributed by atoms with Crippen LogP contribution in [0.2, 0.25) is 0 Å². The fraction of sp³-hybridized carbons (Fsp3) is 0.917. The summed E-state index contributed by atoms with van der Waals surface area (Å²) >= 11 is 0. The van der Waals surface area contributed by atoms with Crippen LogP contribution in [0.5, 0.6) is 0 Å². The molecule has 0 saturated heterocycles. The fourth-order valence-corrected chi connectivity index (χ4v) is 4.80. The van der Waals surface area contributed by atoms with Gasteiger partial charge >= 0.3 is 0 Å². The molecule has 27 heavy (non-hydrogen) atoms. The first-order valence-electron chi connectivity index (χ1n) is 12.0. The van der Waals surface area contributed by atoms with Gasteiger partial charge in [-0.2, -0.15) is 0 Å². The maximum atomic E-state index is 3.81. The highest BCUT2D eigenvalue weighted by Crippen LogP contribution is 2.31. The van der Waals surface area contributed by atoms with E-state index in [1.165, 1.54) is 57.8 Å². The fourth-order valence-electron chi connectivity index (χ4n) is 4.80. The Hall–Kier alpha value is -0.380. The summed E-state index contributed by atoms with van der Waals surface area (Å²) in [5.74, 6) is 0.0838. The summed E-state index contributed by atoms with van der Waals surface area (Å²) in [6, 6.07) is 0. The summed E-state index contributed by atoms with van der Waals surface area (Å²) in [6.45, 7) is 24.5. The lowest BCUT2D eigenvalue weighted by molar-refractivity contribution is -0.168. The van der Waals surface area contributed by atoms with Crippen LogP contribution in [0.1, 0.15) is 99.3 Å². The lowest BCUT2D eigenvalue weighted by atomic mass is 10.0. The van der Waals surface area contributed by atoms with Crippen LogP contribution >= 0.6 is 0 Å². The van der Waals surface area contributed by atoms with Crippen molar-refractivity contribution in [3.8, 4) is 0 Å².